The van der Waals surface area contributed by atoms with Crippen LogP contribution in [0.15, 0.2) is 53.7 Å². The lowest BCUT2D eigenvalue weighted by molar-refractivity contribution is 0.214. The second-order valence-electron chi connectivity index (χ2n) is 5.07. The van der Waals surface area contributed by atoms with Crippen molar-refractivity contribution >= 4 is 5.71 Å². The summed E-state index contributed by atoms with van der Waals surface area (Å²) in [6.07, 6.45) is 2.20. The van der Waals surface area contributed by atoms with Gasteiger partial charge in [-0.15, -0.1) is 0 Å². The number of aryl methyl sites for hydroxylation is 1. The molecule has 0 aliphatic rings. The third-order valence-corrected chi connectivity index (χ3v) is 3.42. The van der Waals surface area contributed by atoms with Crippen molar-refractivity contribution in [1.82, 2.24) is 0 Å². The van der Waals surface area contributed by atoms with E-state index in [1.165, 1.54) is 12.7 Å². The summed E-state index contributed by atoms with van der Waals surface area (Å²) in [6, 6.07) is 17.7. The molecule has 4 nitrogen and oxygen atoms in total. The Labute approximate surface area is 137 Å². The first kappa shape index (κ1) is 16.6. The number of hydrogen-bond donors (Lipinski definition) is 0. The van der Waals surface area contributed by atoms with Crippen molar-refractivity contribution in [2.45, 2.75) is 26.4 Å². The van der Waals surface area contributed by atoms with E-state index in [0.29, 0.717) is 6.61 Å². The predicted octanol–water partition coefficient (Wildman–Crippen LogP) is 4.09. The zero-order valence-electron chi connectivity index (χ0n) is 13.5. The number of nitrogens with zero attached hydrogens (tertiary/aromatic N) is 2. The first-order chi connectivity index (χ1) is 11.3. The Kier molecular flexibility index (Phi) is 6.19. The van der Waals surface area contributed by atoms with Crippen molar-refractivity contribution < 1.29 is 9.57 Å². The summed E-state index contributed by atoms with van der Waals surface area (Å²) in [5.74, 6) is 0.807. The van der Waals surface area contributed by atoms with Crippen LogP contribution in [-0.2, 0) is 17.9 Å². The molecule has 0 unspecified atom stereocenters. The molecule has 0 radical (unpaired) electrons. The average Bonchev–Trinajstić information content (AvgIpc) is 2.60. The lowest BCUT2D eigenvalue weighted by atomic mass is 10.0. The SMILES string of the molecule is CCCc1ccc(OCc2ccccc2/C(C#N)=N\OC)cc1. The van der Waals surface area contributed by atoms with Crippen molar-refractivity contribution in [3.8, 4) is 11.8 Å². The van der Waals surface area contributed by atoms with Crippen LogP contribution in [0.4, 0.5) is 0 Å². The predicted molar refractivity (Wildman–Crippen MR) is 90.4 cm³/mol. The number of nitriles is 1. The third-order valence-electron chi connectivity index (χ3n) is 3.42. The first-order valence-corrected chi connectivity index (χ1v) is 7.59. The number of ether oxygens (including phenoxy) is 1. The summed E-state index contributed by atoms with van der Waals surface area (Å²) in [6.45, 7) is 2.53. The van der Waals surface area contributed by atoms with Gasteiger partial charge in [0.2, 0.25) is 0 Å². The van der Waals surface area contributed by atoms with Crippen LogP contribution in [-0.4, -0.2) is 12.8 Å². The minimum absolute atomic E-state index is 0.241. The third kappa shape index (κ3) is 4.58. The number of oxime groups is 1. The summed E-state index contributed by atoms with van der Waals surface area (Å²) >= 11 is 0. The Morgan fingerprint density at radius 2 is 1.87 bits per heavy atom. The second-order valence-corrected chi connectivity index (χ2v) is 5.07. The van der Waals surface area contributed by atoms with Crippen molar-refractivity contribution in [3.05, 3.63) is 65.2 Å². The van der Waals surface area contributed by atoms with Gasteiger partial charge in [0.25, 0.3) is 0 Å². The largest absolute Gasteiger partial charge is 0.489 e. The van der Waals surface area contributed by atoms with Crippen molar-refractivity contribution in [2.75, 3.05) is 7.11 Å². The zero-order chi connectivity index (χ0) is 16.5. The lowest BCUT2D eigenvalue weighted by Crippen LogP contribution is -2.06. The molecule has 2 aromatic carbocycles. The van der Waals surface area contributed by atoms with E-state index in [1.807, 2.05) is 42.5 Å². The fourth-order valence-corrected chi connectivity index (χ4v) is 2.30. The van der Waals surface area contributed by atoms with Crippen LogP contribution < -0.4 is 4.74 Å². The van der Waals surface area contributed by atoms with Gasteiger partial charge in [0.1, 0.15) is 25.5 Å². The molecule has 2 rings (SSSR count). The average molecular weight is 308 g/mol. The highest BCUT2D eigenvalue weighted by molar-refractivity contribution is 6.12. The smallest absolute Gasteiger partial charge is 0.187 e. The molecule has 0 aliphatic carbocycles. The molecule has 0 saturated heterocycles. The van der Waals surface area contributed by atoms with Gasteiger partial charge in [-0.2, -0.15) is 5.26 Å². The number of benzene rings is 2. The maximum Gasteiger partial charge on any atom is 0.187 e. The Morgan fingerprint density at radius 1 is 1.13 bits per heavy atom. The fraction of sp³-hybridized carbons (Fsp3) is 0.263. The topological polar surface area (TPSA) is 54.6 Å². The minimum Gasteiger partial charge on any atom is -0.489 e. The number of hydrogen-bond acceptors (Lipinski definition) is 4. The molecule has 23 heavy (non-hydrogen) atoms. The molecule has 2 aromatic rings. The molecule has 0 fully saturated rings. The van der Waals surface area contributed by atoms with Crippen LogP contribution in [0, 0.1) is 11.3 Å². The van der Waals surface area contributed by atoms with Gasteiger partial charge in [-0.3, -0.25) is 0 Å². The van der Waals surface area contributed by atoms with Crippen LogP contribution in [0.5, 0.6) is 5.75 Å². The molecule has 4 heteroatoms. The normalized spacial score (nSPS) is 10.9. The van der Waals surface area contributed by atoms with Crippen LogP contribution in [0.3, 0.4) is 0 Å². The summed E-state index contributed by atoms with van der Waals surface area (Å²) in [4.78, 5) is 4.73. The highest BCUT2D eigenvalue weighted by Crippen LogP contribution is 2.17. The van der Waals surface area contributed by atoms with E-state index in [-0.39, 0.29) is 5.71 Å². The molecular weight excluding hydrogens is 288 g/mol. The number of rotatable bonds is 7. The van der Waals surface area contributed by atoms with Gasteiger partial charge in [0.15, 0.2) is 5.71 Å². The van der Waals surface area contributed by atoms with Crippen molar-refractivity contribution in [1.29, 1.82) is 5.26 Å². The molecule has 0 aromatic heterocycles. The van der Waals surface area contributed by atoms with Crippen LogP contribution >= 0.6 is 0 Å². The summed E-state index contributed by atoms with van der Waals surface area (Å²) in [5.41, 5.74) is 3.16. The standard InChI is InChI=1S/C19H20N2O2/c1-3-6-15-9-11-17(12-10-15)23-14-16-7-4-5-8-18(16)19(13-20)21-22-2/h4-5,7-12H,3,6,14H2,1-2H3/b21-19-. The van der Waals surface area contributed by atoms with Gasteiger partial charge in [-0.05, 0) is 29.7 Å². The molecule has 118 valence electrons. The molecule has 0 aliphatic heterocycles. The highest BCUT2D eigenvalue weighted by atomic mass is 16.6. The Hall–Kier alpha value is -2.80. The second kappa shape index (κ2) is 8.60. The zero-order valence-corrected chi connectivity index (χ0v) is 13.5. The van der Waals surface area contributed by atoms with Gasteiger partial charge in [0.05, 0.1) is 0 Å². The first-order valence-electron chi connectivity index (χ1n) is 7.59. The molecule has 0 spiro atoms. The molecule has 0 N–H and O–H groups in total. The lowest BCUT2D eigenvalue weighted by Gasteiger charge is -2.10. The molecule has 0 saturated carbocycles. The van der Waals surface area contributed by atoms with Crippen molar-refractivity contribution in [2.24, 2.45) is 5.16 Å². The Bertz CT molecular complexity index is 700. The molecule has 0 atom stereocenters. The molecule has 0 amide bonds. The van der Waals surface area contributed by atoms with Gasteiger partial charge in [-0.25, -0.2) is 0 Å². The van der Waals surface area contributed by atoms with Gasteiger partial charge < -0.3 is 9.57 Å². The summed E-state index contributed by atoms with van der Waals surface area (Å²) in [7, 11) is 1.42. The van der Waals surface area contributed by atoms with Crippen LogP contribution in [0.25, 0.3) is 0 Å². The fourth-order valence-electron chi connectivity index (χ4n) is 2.30. The maximum absolute atomic E-state index is 9.20. The van der Waals surface area contributed by atoms with E-state index in [2.05, 4.69) is 24.2 Å². The Balaban J connectivity index is 2.12. The van der Waals surface area contributed by atoms with Gasteiger partial charge in [0, 0.05) is 5.56 Å². The van der Waals surface area contributed by atoms with E-state index in [1.54, 1.807) is 0 Å². The molecule has 0 heterocycles. The van der Waals surface area contributed by atoms with E-state index >= 15 is 0 Å². The van der Waals surface area contributed by atoms with E-state index in [0.717, 1.165) is 29.7 Å². The highest BCUT2D eigenvalue weighted by Gasteiger charge is 2.10. The summed E-state index contributed by atoms with van der Waals surface area (Å²) < 4.78 is 5.83. The maximum atomic E-state index is 9.20. The van der Waals surface area contributed by atoms with Crippen LogP contribution in [0.2, 0.25) is 0 Å². The molecule has 0 bridgehead atoms. The van der Waals surface area contributed by atoms with E-state index in [9.17, 15) is 5.26 Å². The van der Waals surface area contributed by atoms with E-state index < -0.39 is 0 Å². The van der Waals surface area contributed by atoms with Gasteiger partial charge >= 0.3 is 0 Å². The quantitative estimate of drug-likeness (QED) is 0.572. The van der Waals surface area contributed by atoms with Crippen molar-refractivity contribution in [3.63, 3.8) is 0 Å². The van der Waals surface area contributed by atoms with Crippen LogP contribution in [0.1, 0.15) is 30.0 Å². The molecular formula is C19H20N2O2. The summed E-state index contributed by atoms with van der Waals surface area (Å²) in [5, 5.41) is 13.0. The van der Waals surface area contributed by atoms with Gasteiger partial charge in [-0.1, -0.05) is 54.9 Å². The van der Waals surface area contributed by atoms with E-state index in [4.69, 9.17) is 9.57 Å². The minimum atomic E-state index is 0.241. The monoisotopic (exact) mass is 308 g/mol. The Morgan fingerprint density at radius 3 is 2.52 bits per heavy atom.